The van der Waals surface area contributed by atoms with Crippen molar-refractivity contribution in [3.05, 3.63) is 84.3 Å². The van der Waals surface area contributed by atoms with E-state index >= 15 is 0 Å². The summed E-state index contributed by atoms with van der Waals surface area (Å²) in [6, 6.07) is 17.8. The molecule has 6 nitrogen and oxygen atoms in total. The van der Waals surface area contributed by atoms with Crippen molar-refractivity contribution in [2.24, 2.45) is 7.05 Å². The Morgan fingerprint density at radius 1 is 1.00 bits per heavy atom. The summed E-state index contributed by atoms with van der Waals surface area (Å²) in [6.07, 6.45) is 3.12. The largest absolute Gasteiger partial charge is 0.507 e. The zero-order valence-electron chi connectivity index (χ0n) is 16.0. The second-order valence-electron chi connectivity index (χ2n) is 6.48. The van der Waals surface area contributed by atoms with E-state index in [1.165, 1.54) is 6.20 Å². The lowest BCUT2D eigenvalue weighted by molar-refractivity contribution is 0.103. The number of methoxy groups -OCH3 is 1. The molecule has 29 heavy (non-hydrogen) atoms. The number of phenols is 1. The minimum Gasteiger partial charge on any atom is -0.507 e. The molecule has 0 radical (unpaired) electrons. The molecule has 0 unspecified atom stereocenters. The van der Waals surface area contributed by atoms with Crippen LogP contribution >= 0.6 is 0 Å². The molecular weight excluding hydrogens is 366 g/mol. The van der Waals surface area contributed by atoms with Crippen LogP contribution in [0.15, 0.2) is 73.1 Å². The summed E-state index contributed by atoms with van der Waals surface area (Å²) in [5, 5.41) is 10.5. The number of imidazole rings is 1. The van der Waals surface area contributed by atoms with Crippen LogP contribution in [-0.2, 0) is 7.05 Å². The molecule has 0 fully saturated rings. The van der Waals surface area contributed by atoms with E-state index in [2.05, 4.69) is 9.97 Å². The zero-order valence-corrected chi connectivity index (χ0v) is 16.0. The van der Waals surface area contributed by atoms with E-state index in [0.29, 0.717) is 28.4 Å². The second kappa shape index (κ2) is 7.59. The summed E-state index contributed by atoms with van der Waals surface area (Å²) in [5.41, 5.74) is 2.46. The molecule has 0 aliphatic heterocycles. The summed E-state index contributed by atoms with van der Waals surface area (Å²) >= 11 is 0. The van der Waals surface area contributed by atoms with Crippen molar-refractivity contribution < 1.29 is 14.6 Å². The number of nitrogens with zero attached hydrogens (tertiary/aromatic N) is 3. The average molecular weight is 385 g/mol. The lowest BCUT2D eigenvalue weighted by Gasteiger charge is -2.11. The quantitative estimate of drug-likeness (QED) is 0.524. The average Bonchev–Trinajstić information content (AvgIpc) is 3.11. The van der Waals surface area contributed by atoms with Crippen LogP contribution in [0.2, 0.25) is 0 Å². The molecule has 0 atom stereocenters. The van der Waals surface area contributed by atoms with Crippen molar-refractivity contribution in [1.29, 1.82) is 0 Å². The lowest BCUT2D eigenvalue weighted by atomic mass is 10.0. The minimum atomic E-state index is -0.270. The molecule has 0 aliphatic rings. The fourth-order valence-electron chi connectivity index (χ4n) is 3.34. The number of phenolic OH excluding ortho intramolecular Hbond substituents is 1. The first-order chi connectivity index (χ1) is 14.1. The Labute approximate surface area is 168 Å². The zero-order chi connectivity index (χ0) is 20.4. The highest BCUT2D eigenvalue weighted by atomic mass is 16.5. The van der Waals surface area contributed by atoms with Gasteiger partial charge in [0.2, 0.25) is 5.78 Å². The maximum absolute atomic E-state index is 13.3. The van der Waals surface area contributed by atoms with Gasteiger partial charge in [-0.3, -0.25) is 9.78 Å². The second-order valence-corrected chi connectivity index (χ2v) is 6.48. The first-order valence-electron chi connectivity index (χ1n) is 9.05. The number of hydrogen-bond donors (Lipinski definition) is 1. The number of rotatable bonds is 5. The molecule has 6 heteroatoms. The molecule has 4 aromatic rings. The van der Waals surface area contributed by atoms with E-state index in [-0.39, 0.29) is 17.2 Å². The van der Waals surface area contributed by atoms with Gasteiger partial charge in [0.15, 0.2) is 0 Å². The minimum absolute atomic E-state index is 0.0716. The first kappa shape index (κ1) is 18.4. The van der Waals surface area contributed by atoms with Gasteiger partial charge in [0, 0.05) is 30.6 Å². The summed E-state index contributed by atoms with van der Waals surface area (Å²) < 4.78 is 7.28. The number of pyridine rings is 1. The van der Waals surface area contributed by atoms with Gasteiger partial charge in [0.05, 0.1) is 18.4 Å². The Bertz CT molecular complexity index is 1180. The molecule has 0 amide bonds. The summed E-state index contributed by atoms with van der Waals surface area (Å²) in [6.45, 7) is 0. The number of hydrogen-bond acceptors (Lipinski definition) is 5. The third-order valence-electron chi connectivity index (χ3n) is 4.74. The van der Waals surface area contributed by atoms with Crippen LogP contribution in [0.4, 0.5) is 0 Å². The highest BCUT2D eigenvalue weighted by molar-refractivity contribution is 6.11. The van der Waals surface area contributed by atoms with E-state index < -0.39 is 0 Å². The lowest BCUT2D eigenvalue weighted by Crippen LogP contribution is -2.05. The number of aromatic hydroxyl groups is 1. The van der Waals surface area contributed by atoms with Crippen LogP contribution in [0.3, 0.4) is 0 Å². The van der Waals surface area contributed by atoms with Gasteiger partial charge in [0.25, 0.3) is 0 Å². The third-order valence-corrected chi connectivity index (χ3v) is 4.74. The molecule has 0 saturated carbocycles. The number of carbonyl (C=O) groups excluding carboxylic acids is 1. The van der Waals surface area contributed by atoms with Gasteiger partial charge in [0.1, 0.15) is 23.0 Å². The van der Waals surface area contributed by atoms with Crippen LogP contribution in [0.25, 0.3) is 22.6 Å². The van der Waals surface area contributed by atoms with Crippen molar-refractivity contribution >= 4 is 5.78 Å². The van der Waals surface area contributed by atoms with E-state index in [9.17, 15) is 9.90 Å². The Balaban J connectivity index is 1.99. The molecular formula is C23H19N3O3. The molecule has 0 aliphatic carbocycles. The monoisotopic (exact) mass is 385 g/mol. The van der Waals surface area contributed by atoms with Crippen molar-refractivity contribution in [1.82, 2.24) is 14.5 Å². The predicted octanol–water partition coefficient (Wildman–Crippen LogP) is 4.09. The van der Waals surface area contributed by atoms with Crippen molar-refractivity contribution in [3.63, 3.8) is 0 Å². The van der Waals surface area contributed by atoms with Gasteiger partial charge >= 0.3 is 0 Å². The van der Waals surface area contributed by atoms with E-state index in [1.54, 1.807) is 48.2 Å². The number of carbonyl (C=O) groups is 1. The molecule has 0 spiro atoms. The number of ether oxygens (including phenoxy) is 1. The Hall–Kier alpha value is -3.93. The van der Waals surface area contributed by atoms with Crippen molar-refractivity contribution in [2.45, 2.75) is 0 Å². The van der Waals surface area contributed by atoms with E-state index in [1.807, 2.05) is 37.4 Å². The third kappa shape index (κ3) is 3.25. The number of aromatic nitrogens is 3. The molecule has 0 saturated heterocycles. The van der Waals surface area contributed by atoms with E-state index in [0.717, 1.165) is 5.56 Å². The summed E-state index contributed by atoms with van der Waals surface area (Å²) in [5.74, 6) is 1.01. The first-order valence-corrected chi connectivity index (χ1v) is 9.05. The molecule has 2 aromatic carbocycles. The van der Waals surface area contributed by atoms with E-state index in [4.69, 9.17) is 4.74 Å². The van der Waals surface area contributed by atoms with Crippen molar-refractivity contribution in [2.75, 3.05) is 7.11 Å². The Kier molecular flexibility index (Phi) is 4.83. The van der Waals surface area contributed by atoms with Crippen LogP contribution in [0.1, 0.15) is 16.1 Å². The molecule has 144 valence electrons. The smallest absolute Gasteiger partial charge is 0.215 e. The van der Waals surface area contributed by atoms with Crippen molar-refractivity contribution in [3.8, 4) is 34.1 Å². The van der Waals surface area contributed by atoms with Gasteiger partial charge in [-0.25, -0.2) is 4.98 Å². The van der Waals surface area contributed by atoms with Gasteiger partial charge in [-0.1, -0.05) is 24.3 Å². The normalized spacial score (nSPS) is 10.7. The maximum Gasteiger partial charge on any atom is 0.215 e. The predicted molar refractivity (Wildman–Crippen MR) is 110 cm³/mol. The van der Waals surface area contributed by atoms with Gasteiger partial charge < -0.3 is 14.4 Å². The SMILES string of the molecule is COc1ccccc1-c1nc(C(=O)c2cccnc2)c(-c2ccccc2O)n1C. The summed E-state index contributed by atoms with van der Waals surface area (Å²) in [7, 11) is 3.41. The van der Waals surface area contributed by atoms with Gasteiger partial charge in [-0.15, -0.1) is 0 Å². The number of benzene rings is 2. The standard InChI is InChI=1S/C23H19N3O3/c1-26-21(16-9-3-5-11-18(16)27)20(22(28)15-8-7-13-24-14-15)25-23(26)17-10-4-6-12-19(17)29-2/h3-14,27H,1-2H3. The Morgan fingerprint density at radius 2 is 1.72 bits per heavy atom. The molecule has 0 bridgehead atoms. The van der Waals surface area contributed by atoms with Crippen LogP contribution in [-0.4, -0.2) is 32.5 Å². The fourth-order valence-corrected chi connectivity index (χ4v) is 3.34. The van der Waals surface area contributed by atoms with Gasteiger partial charge in [-0.2, -0.15) is 0 Å². The highest BCUT2D eigenvalue weighted by Gasteiger charge is 2.26. The molecule has 2 aromatic heterocycles. The number of ketones is 1. The van der Waals surface area contributed by atoms with Crippen LogP contribution in [0, 0.1) is 0 Å². The van der Waals surface area contributed by atoms with Crippen LogP contribution < -0.4 is 4.74 Å². The van der Waals surface area contributed by atoms with Gasteiger partial charge in [-0.05, 0) is 36.4 Å². The molecule has 1 N–H and O–H groups in total. The topological polar surface area (TPSA) is 77.2 Å². The Morgan fingerprint density at radius 3 is 2.41 bits per heavy atom. The number of para-hydroxylation sites is 2. The molecule has 4 rings (SSSR count). The maximum atomic E-state index is 13.3. The molecule has 2 heterocycles. The van der Waals surface area contributed by atoms with Crippen LogP contribution in [0.5, 0.6) is 11.5 Å². The highest BCUT2D eigenvalue weighted by Crippen LogP contribution is 2.37. The summed E-state index contributed by atoms with van der Waals surface area (Å²) in [4.78, 5) is 22.0. The fraction of sp³-hybridized carbons (Fsp3) is 0.0870.